The van der Waals surface area contributed by atoms with Crippen LogP contribution in [0.3, 0.4) is 0 Å². The molecule has 2 atom stereocenters. The van der Waals surface area contributed by atoms with Crippen LogP contribution in [0.25, 0.3) is 0 Å². The van der Waals surface area contributed by atoms with Gasteiger partial charge in [-0.2, -0.15) is 0 Å². The minimum Gasteiger partial charge on any atom is -0.302 e. The van der Waals surface area contributed by atoms with Crippen molar-refractivity contribution in [2.75, 3.05) is 19.6 Å². The highest BCUT2D eigenvalue weighted by molar-refractivity contribution is 5.68. The molecule has 1 fully saturated rings. The third-order valence-electron chi connectivity index (χ3n) is 4.74. The van der Waals surface area contributed by atoms with E-state index in [1.54, 1.807) is 0 Å². The number of carbonyl (C=O) groups is 1. The first-order valence-corrected chi connectivity index (χ1v) is 7.59. The lowest BCUT2D eigenvalue weighted by atomic mass is 9.80. The molecule has 0 aliphatic carbocycles. The Morgan fingerprint density at radius 2 is 1.85 bits per heavy atom. The average molecular weight is 273 g/mol. The van der Waals surface area contributed by atoms with Gasteiger partial charge < -0.3 is 9.69 Å². The van der Waals surface area contributed by atoms with E-state index in [2.05, 4.69) is 44.7 Å². The maximum Gasteiger partial charge on any atom is 0.131 e. The molecular weight excluding hydrogens is 246 g/mol. The van der Waals surface area contributed by atoms with Crippen molar-refractivity contribution in [1.82, 2.24) is 4.90 Å². The number of carbonyl (C=O) groups excluding carboxylic acids is 1. The summed E-state index contributed by atoms with van der Waals surface area (Å²) in [6.07, 6.45) is 2.36. The molecule has 1 aromatic rings. The third-order valence-corrected chi connectivity index (χ3v) is 4.74. The molecular formula is C18H27NO. The van der Waals surface area contributed by atoms with Gasteiger partial charge in [0.05, 0.1) is 5.41 Å². The van der Waals surface area contributed by atoms with Gasteiger partial charge in [-0.25, -0.2) is 0 Å². The van der Waals surface area contributed by atoms with Crippen LogP contribution >= 0.6 is 0 Å². The van der Waals surface area contributed by atoms with E-state index in [9.17, 15) is 4.79 Å². The molecule has 0 radical (unpaired) electrons. The van der Waals surface area contributed by atoms with E-state index < -0.39 is 5.41 Å². The van der Waals surface area contributed by atoms with Gasteiger partial charge in [0.25, 0.3) is 0 Å². The Balaban J connectivity index is 2.07. The van der Waals surface area contributed by atoms with Gasteiger partial charge in [0, 0.05) is 13.1 Å². The Morgan fingerprint density at radius 3 is 2.35 bits per heavy atom. The summed E-state index contributed by atoms with van der Waals surface area (Å²) in [6, 6.07) is 10.1. The number of rotatable bonds is 4. The van der Waals surface area contributed by atoms with Crippen molar-refractivity contribution < 1.29 is 4.79 Å². The van der Waals surface area contributed by atoms with E-state index in [0.717, 1.165) is 37.4 Å². The summed E-state index contributed by atoms with van der Waals surface area (Å²) in [6.45, 7) is 12.1. The number of aldehydes is 1. The van der Waals surface area contributed by atoms with Crippen molar-refractivity contribution in [2.45, 2.75) is 39.5 Å². The Labute approximate surface area is 123 Å². The summed E-state index contributed by atoms with van der Waals surface area (Å²) in [5, 5.41) is 0. The fourth-order valence-corrected chi connectivity index (χ4v) is 3.16. The summed E-state index contributed by atoms with van der Waals surface area (Å²) in [5.41, 5.74) is 1.09. The maximum absolute atomic E-state index is 11.7. The highest BCUT2D eigenvalue weighted by Gasteiger charge is 2.36. The number of hydrogen-bond donors (Lipinski definition) is 0. The second-order valence-corrected chi connectivity index (χ2v) is 7.49. The summed E-state index contributed by atoms with van der Waals surface area (Å²) < 4.78 is 0. The van der Waals surface area contributed by atoms with E-state index in [-0.39, 0.29) is 0 Å². The zero-order chi connectivity index (χ0) is 14.8. The summed E-state index contributed by atoms with van der Waals surface area (Å²) in [5.74, 6) is 0.731. The molecule has 0 N–H and O–H groups in total. The maximum atomic E-state index is 11.7. The molecule has 2 unspecified atom stereocenters. The number of likely N-dealkylation sites (tertiary alicyclic amines) is 1. The minimum absolute atomic E-state index is 0.360. The fourth-order valence-electron chi connectivity index (χ4n) is 3.16. The monoisotopic (exact) mass is 273 g/mol. The molecule has 0 saturated carbocycles. The highest BCUT2D eigenvalue weighted by atomic mass is 16.1. The molecule has 20 heavy (non-hydrogen) atoms. The molecule has 0 aromatic heterocycles. The smallest absolute Gasteiger partial charge is 0.131 e. The SMILES string of the molecule is CC(C=O)(CN1CCC(C(C)(C)C)C1)c1ccccc1. The summed E-state index contributed by atoms with van der Waals surface area (Å²) >= 11 is 0. The van der Waals surface area contributed by atoms with Gasteiger partial charge in [-0.05, 0) is 36.8 Å². The van der Waals surface area contributed by atoms with Gasteiger partial charge in [0.1, 0.15) is 6.29 Å². The molecule has 0 amide bonds. The van der Waals surface area contributed by atoms with Crippen LogP contribution in [0.1, 0.15) is 39.7 Å². The predicted molar refractivity (Wildman–Crippen MR) is 83.9 cm³/mol. The lowest BCUT2D eigenvalue weighted by molar-refractivity contribution is -0.112. The van der Waals surface area contributed by atoms with Gasteiger partial charge in [-0.3, -0.25) is 0 Å². The molecule has 1 saturated heterocycles. The summed E-state index contributed by atoms with van der Waals surface area (Å²) in [4.78, 5) is 14.1. The first-order chi connectivity index (χ1) is 9.35. The van der Waals surface area contributed by atoms with Crippen LogP contribution in [-0.4, -0.2) is 30.8 Å². The van der Waals surface area contributed by atoms with E-state index in [1.807, 2.05) is 18.2 Å². The van der Waals surface area contributed by atoms with Gasteiger partial charge >= 0.3 is 0 Å². The molecule has 2 rings (SSSR count). The van der Waals surface area contributed by atoms with E-state index in [1.165, 1.54) is 6.42 Å². The minimum atomic E-state index is -0.395. The van der Waals surface area contributed by atoms with Crippen molar-refractivity contribution in [3.8, 4) is 0 Å². The zero-order valence-corrected chi connectivity index (χ0v) is 13.2. The van der Waals surface area contributed by atoms with Crippen LogP contribution in [0.2, 0.25) is 0 Å². The van der Waals surface area contributed by atoms with Crippen LogP contribution in [0.5, 0.6) is 0 Å². The second-order valence-electron chi connectivity index (χ2n) is 7.49. The molecule has 1 aliphatic heterocycles. The largest absolute Gasteiger partial charge is 0.302 e. The average Bonchev–Trinajstić information content (AvgIpc) is 2.88. The van der Waals surface area contributed by atoms with Crippen LogP contribution < -0.4 is 0 Å². The highest BCUT2D eigenvalue weighted by Crippen LogP contribution is 2.35. The van der Waals surface area contributed by atoms with Crippen LogP contribution in [0.4, 0.5) is 0 Å². The Kier molecular flexibility index (Phi) is 4.33. The standard InChI is InChI=1S/C18H27NO/c1-17(2,3)16-10-11-19(12-16)13-18(4,14-20)15-8-6-5-7-9-15/h5-9,14,16H,10-13H2,1-4H3. The predicted octanol–water partition coefficient (Wildman–Crippen LogP) is 3.51. The first kappa shape index (κ1) is 15.2. The molecule has 110 valence electrons. The van der Waals surface area contributed by atoms with Crippen molar-refractivity contribution >= 4 is 6.29 Å². The molecule has 2 nitrogen and oxygen atoms in total. The number of hydrogen-bond acceptors (Lipinski definition) is 2. The Morgan fingerprint density at radius 1 is 1.20 bits per heavy atom. The lowest BCUT2D eigenvalue weighted by Crippen LogP contribution is -2.39. The van der Waals surface area contributed by atoms with E-state index in [4.69, 9.17) is 0 Å². The third kappa shape index (κ3) is 3.29. The van der Waals surface area contributed by atoms with Gasteiger partial charge in [0.15, 0.2) is 0 Å². The Bertz CT molecular complexity index is 448. The number of nitrogens with zero attached hydrogens (tertiary/aromatic N) is 1. The van der Waals surface area contributed by atoms with E-state index >= 15 is 0 Å². The van der Waals surface area contributed by atoms with Crippen molar-refractivity contribution in [1.29, 1.82) is 0 Å². The quantitative estimate of drug-likeness (QED) is 0.782. The van der Waals surface area contributed by atoms with Crippen molar-refractivity contribution in [3.05, 3.63) is 35.9 Å². The first-order valence-electron chi connectivity index (χ1n) is 7.59. The van der Waals surface area contributed by atoms with Gasteiger partial charge in [-0.1, -0.05) is 51.1 Å². The van der Waals surface area contributed by atoms with Crippen molar-refractivity contribution in [3.63, 3.8) is 0 Å². The normalized spacial score (nSPS) is 23.5. The van der Waals surface area contributed by atoms with Crippen LogP contribution in [0, 0.1) is 11.3 Å². The topological polar surface area (TPSA) is 20.3 Å². The number of benzene rings is 1. The molecule has 1 heterocycles. The fraction of sp³-hybridized carbons (Fsp3) is 0.611. The molecule has 1 aliphatic rings. The van der Waals surface area contributed by atoms with Gasteiger partial charge in [-0.15, -0.1) is 0 Å². The Hall–Kier alpha value is -1.15. The molecule has 2 heteroatoms. The lowest BCUT2D eigenvalue weighted by Gasteiger charge is -2.31. The van der Waals surface area contributed by atoms with Crippen LogP contribution in [0.15, 0.2) is 30.3 Å². The summed E-state index contributed by atoms with van der Waals surface area (Å²) in [7, 11) is 0. The molecule has 0 spiro atoms. The van der Waals surface area contributed by atoms with Crippen molar-refractivity contribution in [2.24, 2.45) is 11.3 Å². The zero-order valence-electron chi connectivity index (χ0n) is 13.2. The van der Waals surface area contributed by atoms with Gasteiger partial charge in [0.2, 0.25) is 0 Å². The second kappa shape index (κ2) is 5.69. The molecule has 0 bridgehead atoms. The van der Waals surface area contributed by atoms with E-state index in [0.29, 0.717) is 5.41 Å². The molecule has 1 aromatic carbocycles. The van der Waals surface area contributed by atoms with Crippen LogP contribution in [-0.2, 0) is 10.2 Å².